The molecule has 0 amide bonds. The van der Waals surface area contributed by atoms with E-state index in [1.165, 1.54) is 23.1 Å². The van der Waals surface area contributed by atoms with E-state index in [0.29, 0.717) is 0 Å². The topological polar surface area (TPSA) is 0 Å². The number of alkyl halides is 1. The van der Waals surface area contributed by atoms with Gasteiger partial charge in [0.25, 0.3) is 0 Å². The van der Waals surface area contributed by atoms with Crippen LogP contribution < -0.4 is 0 Å². The molecule has 1 atom stereocenters. The zero-order valence-corrected chi connectivity index (χ0v) is 13.5. The highest BCUT2D eigenvalue weighted by molar-refractivity contribution is 9.11. The van der Waals surface area contributed by atoms with Crippen LogP contribution in [0, 0.1) is 0 Å². The molecular weight excluding hydrogens is 352 g/mol. The third kappa shape index (κ3) is 3.24. The fraction of sp³-hybridized carbons (Fsp3) is 0.250. The molecule has 2 rings (SSSR count). The van der Waals surface area contributed by atoms with Crippen molar-refractivity contribution in [2.75, 3.05) is 0 Å². The molecule has 0 heterocycles. The Morgan fingerprint density at radius 2 is 1.67 bits per heavy atom. The third-order valence-corrected chi connectivity index (χ3v) is 4.73. The number of rotatable bonds is 4. The van der Waals surface area contributed by atoms with Gasteiger partial charge in [-0.05, 0) is 29.2 Å². The SMILES string of the molecule is CCCc1ccc(C(Br)c2ccccc2Br)cc1. The van der Waals surface area contributed by atoms with Crippen LogP contribution in [0.4, 0.5) is 0 Å². The minimum Gasteiger partial charge on any atom is -0.0786 e. The summed E-state index contributed by atoms with van der Waals surface area (Å²) < 4.78 is 1.14. The molecule has 0 N–H and O–H groups in total. The van der Waals surface area contributed by atoms with Crippen molar-refractivity contribution in [1.29, 1.82) is 0 Å². The Morgan fingerprint density at radius 1 is 1.00 bits per heavy atom. The van der Waals surface area contributed by atoms with Gasteiger partial charge in [-0.1, -0.05) is 87.7 Å². The van der Waals surface area contributed by atoms with Gasteiger partial charge in [-0.15, -0.1) is 0 Å². The molecule has 0 fully saturated rings. The predicted molar refractivity (Wildman–Crippen MR) is 85.3 cm³/mol. The number of aryl methyl sites for hydroxylation is 1. The maximum Gasteiger partial charge on any atom is 0.0655 e. The Bertz CT molecular complexity index is 503. The third-order valence-electron chi connectivity index (χ3n) is 2.99. The van der Waals surface area contributed by atoms with Gasteiger partial charge in [0.05, 0.1) is 4.83 Å². The number of hydrogen-bond acceptors (Lipinski definition) is 0. The van der Waals surface area contributed by atoms with E-state index in [0.717, 1.165) is 10.9 Å². The molecular formula is C16H16Br2. The maximum atomic E-state index is 3.78. The highest BCUT2D eigenvalue weighted by Gasteiger charge is 2.12. The molecule has 0 saturated carbocycles. The summed E-state index contributed by atoms with van der Waals surface area (Å²) in [6, 6.07) is 17.2. The van der Waals surface area contributed by atoms with Crippen molar-refractivity contribution in [1.82, 2.24) is 0 Å². The lowest BCUT2D eigenvalue weighted by Gasteiger charge is -2.13. The Hall–Kier alpha value is -0.600. The second kappa shape index (κ2) is 6.53. The lowest BCUT2D eigenvalue weighted by Crippen LogP contribution is -1.94. The first-order valence-corrected chi connectivity index (χ1v) is 7.90. The molecule has 0 radical (unpaired) electrons. The molecule has 94 valence electrons. The first-order chi connectivity index (χ1) is 8.72. The molecule has 0 bridgehead atoms. The van der Waals surface area contributed by atoms with E-state index in [2.05, 4.69) is 81.2 Å². The summed E-state index contributed by atoms with van der Waals surface area (Å²) in [4.78, 5) is 0.240. The highest BCUT2D eigenvalue weighted by Crippen LogP contribution is 2.35. The number of benzene rings is 2. The van der Waals surface area contributed by atoms with Gasteiger partial charge >= 0.3 is 0 Å². The Labute approximate surface area is 126 Å². The molecule has 0 aliphatic heterocycles. The van der Waals surface area contributed by atoms with Gasteiger partial charge in [-0.2, -0.15) is 0 Å². The van der Waals surface area contributed by atoms with Crippen LogP contribution in [0.5, 0.6) is 0 Å². The minimum absolute atomic E-state index is 0.240. The fourth-order valence-electron chi connectivity index (χ4n) is 2.00. The second-order valence-corrected chi connectivity index (χ2v) is 6.15. The van der Waals surface area contributed by atoms with E-state index in [1.807, 2.05) is 6.07 Å². The van der Waals surface area contributed by atoms with Crippen LogP contribution in [0.15, 0.2) is 53.0 Å². The van der Waals surface area contributed by atoms with Crippen LogP contribution in [-0.4, -0.2) is 0 Å². The van der Waals surface area contributed by atoms with Gasteiger partial charge in [0.1, 0.15) is 0 Å². The van der Waals surface area contributed by atoms with Crippen LogP contribution in [0.3, 0.4) is 0 Å². The van der Waals surface area contributed by atoms with Crippen molar-refractivity contribution in [2.45, 2.75) is 24.6 Å². The van der Waals surface area contributed by atoms with Crippen molar-refractivity contribution < 1.29 is 0 Å². The Kier molecular flexibility index (Phi) is 5.02. The highest BCUT2D eigenvalue weighted by atomic mass is 79.9. The maximum absolute atomic E-state index is 3.78. The zero-order chi connectivity index (χ0) is 13.0. The normalized spacial score (nSPS) is 12.4. The van der Waals surface area contributed by atoms with E-state index >= 15 is 0 Å². The molecule has 0 spiro atoms. The predicted octanol–water partition coefficient (Wildman–Crippen LogP) is 5.89. The van der Waals surface area contributed by atoms with Crippen molar-refractivity contribution in [3.63, 3.8) is 0 Å². The van der Waals surface area contributed by atoms with Gasteiger partial charge in [0, 0.05) is 4.47 Å². The molecule has 0 saturated heterocycles. The first-order valence-electron chi connectivity index (χ1n) is 6.19. The fourth-order valence-corrected chi connectivity index (χ4v) is 3.53. The van der Waals surface area contributed by atoms with Crippen LogP contribution in [0.1, 0.15) is 34.9 Å². The molecule has 0 aliphatic carbocycles. The van der Waals surface area contributed by atoms with E-state index in [1.54, 1.807) is 0 Å². The zero-order valence-electron chi connectivity index (χ0n) is 10.4. The minimum atomic E-state index is 0.240. The summed E-state index contributed by atoms with van der Waals surface area (Å²) in [6.07, 6.45) is 2.35. The van der Waals surface area contributed by atoms with Crippen molar-refractivity contribution >= 4 is 31.9 Å². The summed E-state index contributed by atoms with van der Waals surface area (Å²) in [6.45, 7) is 2.21. The van der Waals surface area contributed by atoms with Crippen LogP contribution in [0.2, 0.25) is 0 Å². The number of halogens is 2. The Balaban J connectivity index is 2.23. The largest absolute Gasteiger partial charge is 0.0786 e. The lowest BCUT2D eigenvalue weighted by atomic mass is 10.0. The summed E-state index contributed by atoms with van der Waals surface area (Å²) in [5.74, 6) is 0. The monoisotopic (exact) mass is 366 g/mol. The molecule has 0 nitrogen and oxygen atoms in total. The quantitative estimate of drug-likeness (QED) is 0.591. The van der Waals surface area contributed by atoms with Gasteiger partial charge < -0.3 is 0 Å². The van der Waals surface area contributed by atoms with E-state index in [9.17, 15) is 0 Å². The molecule has 18 heavy (non-hydrogen) atoms. The van der Waals surface area contributed by atoms with E-state index < -0.39 is 0 Å². The Morgan fingerprint density at radius 3 is 2.28 bits per heavy atom. The number of hydrogen-bond donors (Lipinski definition) is 0. The van der Waals surface area contributed by atoms with Crippen molar-refractivity contribution in [3.05, 3.63) is 69.7 Å². The van der Waals surface area contributed by atoms with Crippen molar-refractivity contribution in [2.24, 2.45) is 0 Å². The van der Waals surface area contributed by atoms with Crippen LogP contribution in [0.25, 0.3) is 0 Å². The summed E-state index contributed by atoms with van der Waals surface area (Å²) >= 11 is 7.38. The summed E-state index contributed by atoms with van der Waals surface area (Å²) in [5.41, 5.74) is 3.97. The summed E-state index contributed by atoms with van der Waals surface area (Å²) in [7, 11) is 0. The standard InChI is InChI=1S/C16H16Br2/c1-2-5-12-8-10-13(11-9-12)16(18)14-6-3-4-7-15(14)17/h3-4,6-11,16H,2,5H2,1H3. The van der Waals surface area contributed by atoms with Crippen LogP contribution in [-0.2, 0) is 6.42 Å². The lowest BCUT2D eigenvalue weighted by molar-refractivity contribution is 0.920. The average molecular weight is 368 g/mol. The summed E-state index contributed by atoms with van der Waals surface area (Å²) in [5, 5.41) is 0. The first kappa shape index (κ1) is 13.8. The van der Waals surface area contributed by atoms with Crippen LogP contribution >= 0.6 is 31.9 Å². The van der Waals surface area contributed by atoms with Gasteiger partial charge in [-0.25, -0.2) is 0 Å². The molecule has 2 aromatic carbocycles. The van der Waals surface area contributed by atoms with Crippen molar-refractivity contribution in [3.8, 4) is 0 Å². The van der Waals surface area contributed by atoms with E-state index in [4.69, 9.17) is 0 Å². The molecule has 2 aromatic rings. The molecule has 0 aromatic heterocycles. The molecule has 0 aliphatic rings. The molecule has 1 unspecified atom stereocenters. The van der Waals surface area contributed by atoms with E-state index in [-0.39, 0.29) is 4.83 Å². The second-order valence-electron chi connectivity index (χ2n) is 4.38. The van der Waals surface area contributed by atoms with Gasteiger partial charge in [-0.3, -0.25) is 0 Å². The average Bonchev–Trinajstić information content (AvgIpc) is 2.40. The molecule has 2 heteroatoms. The van der Waals surface area contributed by atoms with Gasteiger partial charge in [0.15, 0.2) is 0 Å². The van der Waals surface area contributed by atoms with Gasteiger partial charge in [0.2, 0.25) is 0 Å². The smallest absolute Gasteiger partial charge is 0.0655 e.